The lowest BCUT2D eigenvalue weighted by Crippen LogP contribution is -2.25. The molecule has 2 heterocycles. The second kappa shape index (κ2) is 7.12. The van der Waals surface area contributed by atoms with E-state index in [4.69, 9.17) is 0 Å². The third-order valence-corrected chi connectivity index (χ3v) is 4.62. The van der Waals surface area contributed by atoms with E-state index in [9.17, 15) is 14.7 Å². The number of rotatable bonds is 5. The molecule has 0 aromatic carbocycles. The molecule has 124 valence electrons. The topological polar surface area (TPSA) is 81.4 Å². The maximum absolute atomic E-state index is 12.5. The number of esters is 1. The monoisotopic (exact) mass is 382 g/mol. The smallest absolute Gasteiger partial charge is 0.360 e. The first-order chi connectivity index (χ1) is 10.9. The predicted octanol–water partition coefficient (Wildman–Crippen LogP) is 3.09. The molecule has 0 unspecified atom stereocenters. The summed E-state index contributed by atoms with van der Waals surface area (Å²) in [6.07, 6.45) is 3.31. The number of aromatic nitrogens is 2. The normalized spacial score (nSPS) is 11.2. The van der Waals surface area contributed by atoms with Crippen molar-refractivity contribution in [2.75, 3.05) is 7.11 Å². The maximum atomic E-state index is 12.5. The summed E-state index contributed by atoms with van der Waals surface area (Å²) in [7, 11) is 1.22. The van der Waals surface area contributed by atoms with Gasteiger partial charge in [0, 0.05) is 11.9 Å². The van der Waals surface area contributed by atoms with Crippen LogP contribution in [-0.2, 0) is 11.3 Å². The van der Waals surface area contributed by atoms with Crippen LogP contribution in [0.1, 0.15) is 37.2 Å². The standard InChI is InChI=1S/C16H19BrN2O4/c1-4-9(5-2)8-19-12-7-18-13(16(22)23-3)14(20)10(12)6-11(17)15(19)21/h6-7,9,20H,4-5,8H2,1-3H3. The Hall–Kier alpha value is -1.89. The molecule has 0 saturated heterocycles. The molecule has 6 nitrogen and oxygen atoms in total. The van der Waals surface area contributed by atoms with E-state index >= 15 is 0 Å². The number of fused-ring (bicyclic) bond motifs is 1. The van der Waals surface area contributed by atoms with Gasteiger partial charge in [0.1, 0.15) is 0 Å². The van der Waals surface area contributed by atoms with Crippen LogP contribution in [0.4, 0.5) is 0 Å². The zero-order chi connectivity index (χ0) is 17.1. The zero-order valence-electron chi connectivity index (χ0n) is 13.3. The van der Waals surface area contributed by atoms with E-state index in [-0.39, 0.29) is 17.0 Å². The molecule has 23 heavy (non-hydrogen) atoms. The van der Waals surface area contributed by atoms with Gasteiger partial charge in [-0.25, -0.2) is 9.78 Å². The van der Waals surface area contributed by atoms with Gasteiger partial charge < -0.3 is 14.4 Å². The van der Waals surface area contributed by atoms with Crippen LogP contribution >= 0.6 is 15.9 Å². The summed E-state index contributed by atoms with van der Waals surface area (Å²) in [6.45, 7) is 4.68. The van der Waals surface area contributed by atoms with Crippen LogP contribution in [0.25, 0.3) is 10.9 Å². The lowest BCUT2D eigenvalue weighted by Gasteiger charge is -2.17. The number of carbonyl (C=O) groups is 1. The number of halogens is 1. The number of ether oxygens (including phenoxy) is 1. The molecule has 0 amide bonds. The molecule has 2 aromatic rings. The van der Waals surface area contributed by atoms with Gasteiger partial charge in [0.2, 0.25) is 0 Å². The van der Waals surface area contributed by atoms with Gasteiger partial charge in [0.25, 0.3) is 5.56 Å². The molecule has 0 atom stereocenters. The molecule has 0 spiro atoms. The van der Waals surface area contributed by atoms with Gasteiger partial charge in [-0.05, 0) is 27.9 Å². The van der Waals surface area contributed by atoms with E-state index in [2.05, 4.69) is 39.5 Å². The van der Waals surface area contributed by atoms with Gasteiger partial charge in [-0.1, -0.05) is 26.7 Å². The van der Waals surface area contributed by atoms with Crippen molar-refractivity contribution in [3.8, 4) is 5.75 Å². The molecule has 0 aliphatic heterocycles. The SMILES string of the molecule is CCC(CC)Cn1c(=O)c(Br)cc2c(O)c(C(=O)OC)ncc21. The molecule has 0 saturated carbocycles. The number of hydrogen-bond donors (Lipinski definition) is 1. The molecule has 2 rings (SSSR count). The minimum Gasteiger partial charge on any atom is -0.505 e. The average molecular weight is 383 g/mol. The Balaban J connectivity index is 2.72. The lowest BCUT2D eigenvalue weighted by atomic mass is 10.0. The number of methoxy groups -OCH3 is 1. The number of nitrogens with zero attached hydrogens (tertiary/aromatic N) is 2. The molecule has 0 bridgehead atoms. The summed E-state index contributed by atoms with van der Waals surface area (Å²) in [4.78, 5) is 28.1. The van der Waals surface area contributed by atoms with Crippen LogP contribution in [0.15, 0.2) is 21.5 Å². The quantitative estimate of drug-likeness (QED) is 0.803. The Morgan fingerprint density at radius 2 is 2.09 bits per heavy atom. The molecule has 0 fully saturated rings. The van der Waals surface area contributed by atoms with E-state index in [1.54, 1.807) is 4.57 Å². The Morgan fingerprint density at radius 1 is 1.43 bits per heavy atom. The van der Waals surface area contributed by atoms with Crippen LogP contribution in [0, 0.1) is 5.92 Å². The Labute approximate surface area is 142 Å². The fourth-order valence-corrected chi connectivity index (χ4v) is 2.96. The third kappa shape index (κ3) is 3.24. The fraction of sp³-hybridized carbons (Fsp3) is 0.438. The predicted molar refractivity (Wildman–Crippen MR) is 90.8 cm³/mol. The van der Waals surface area contributed by atoms with Crippen LogP contribution in [0.3, 0.4) is 0 Å². The summed E-state index contributed by atoms with van der Waals surface area (Å²) in [5.41, 5.74) is 0.145. The van der Waals surface area contributed by atoms with Crippen molar-refractivity contribution < 1.29 is 14.6 Å². The van der Waals surface area contributed by atoms with E-state index < -0.39 is 5.97 Å². The van der Waals surface area contributed by atoms with Crippen molar-refractivity contribution in [1.29, 1.82) is 0 Å². The van der Waals surface area contributed by atoms with Gasteiger partial charge in [0.15, 0.2) is 11.4 Å². The Morgan fingerprint density at radius 3 is 2.65 bits per heavy atom. The summed E-state index contributed by atoms with van der Waals surface area (Å²) < 4.78 is 6.52. The largest absolute Gasteiger partial charge is 0.505 e. The molecule has 1 N–H and O–H groups in total. The summed E-state index contributed by atoms with van der Waals surface area (Å²) in [5.74, 6) is -0.667. The van der Waals surface area contributed by atoms with E-state index in [0.29, 0.717) is 27.8 Å². The average Bonchev–Trinajstić information content (AvgIpc) is 2.56. The van der Waals surface area contributed by atoms with Crippen LogP contribution in [0.2, 0.25) is 0 Å². The highest BCUT2D eigenvalue weighted by atomic mass is 79.9. The van der Waals surface area contributed by atoms with Crippen LogP contribution in [-0.4, -0.2) is 27.7 Å². The molecule has 0 aliphatic carbocycles. The minimum absolute atomic E-state index is 0.167. The minimum atomic E-state index is -0.724. The first kappa shape index (κ1) is 17.5. The van der Waals surface area contributed by atoms with Crippen molar-refractivity contribution in [3.63, 3.8) is 0 Å². The number of aromatic hydroxyl groups is 1. The van der Waals surface area contributed by atoms with Crippen molar-refractivity contribution in [2.24, 2.45) is 5.92 Å². The second-order valence-corrected chi connectivity index (χ2v) is 6.19. The van der Waals surface area contributed by atoms with Crippen LogP contribution < -0.4 is 5.56 Å². The van der Waals surface area contributed by atoms with Crippen molar-refractivity contribution in [2.45, 2.75) is 33.2 Å². The first-order valence-corrected chi connectivity index (χ1v) is 8.23. The molecule has 7 heteroatoms. The molecular formula is C16H19BrN2O4. The van der Waals surface area contributed by atoms with Gasteiger partial charge >= 0.3 is 5.97 Å². The van der Waals surface area contributed by atoms with Gasteiger partial charge in [-0.2, -0.15) is 0 Å². The summed E-state index contributed by atoms with van der Waals surface area (Å²) >= 11 is 3.23. The van der Waals surface area contributed by atoms with Crippen molar-refractivity contribution in [3.05, 3.63) is 32.8 Å². The fourth-order valence-electron chi connectivity index (χ4n) is 2.52. The third-order valence-electron chi connectivity index (χ3n) is 4.06. The van der Waals surface area contributed by atoms with Gasteiger partial charge in [-0.15, -0.1) is 0 Å². The van der Waals surface area contributed by atoms with E-state index in [1.165, 1.54) is 19.4 Å². The Bertz CT molecular complexity index is 797. The highest BCUT2D eigenvalue weighted by molar-refractivity contribution is 9.10. The highest BCUT2D eigenvalue weighted by Gasteiger charge is 2.20. The van der Waals surface area contributed by atoms with Gasteiger partial charge in [-0.3, -0.25) is 4.79 Å². The van der Waals surface area contributed by atoms with Crippen molar-refractivity contribution >= 4 is 32.8 Å². The number of hydrogen-bond acceptors (Lipinski definition) is 5. The molecular weight excluding hydrogens is 364 g/mol. The molecule has 0 radical (unpaired) electrons. The molecule has 2 aromatic heterocycles. The maximum Gasteiger partial charge on any atom is 0.360 e. The lowest BCUT2D eigenvalue weighted by molar-refractivity contribution is 0.0591. The van der Waals surface area contributed by atoms with E-state index in [0.717, 1.165) is 12.8 Å². The number of carbonyl (C=O) groups excluding carboxylic acids is 1. The molecule has 0 aliphatic rings. The summed E-state index contributed by atoms with van der Waals surface area (Å²) in [5, 5.41) is 10.7. The first-order valence-electron chi connectivity index (χ1n) is 7.43. The van der Waals surface area contributed by atoms with Gasteiger partial charge in [0.05, 0.1) is 23.3 Å². The van der Waals surface area contributed by atoms with Crippen molar-refractivity contribution in [1.82, 2.24) is 9.55 Å². The zero-order valence-corrected chi connectivity index (χ0v) is 14.9. The second-order valence-electron chi connectivity index (χ2n) is 5.34. The van der Waals surface area contributed by atoms with Crippen LogP contribution in [0.5, 0.6) is 5.75 Å². The summed E-state index contributed by atoms with van der Waals surface area (Å²) in [6, 6.07) is 1.50. The number of pyridine rings is 2. The highest BCUT2D eigenvalue weighted by Crippen LogP contribution is 2.29. The Kier molecular flexibility index (Phi) is 5.41. The van der Waals surface area contributed by atoms with E-state index in [1.807, 2.05) is 0 Å².